The summed E-state index contributed by atoms with van der Waals surface area (Å²) >= 11 is 0. The second-order valence-electron chi connectivity index (χ2n) is 4.79. The zero-order chi connectivity index (χ0) is 16.4. The van der Waals surface area contributed by atoms with Gasteiger partial charge in [-0.2, -0.15) is 0 Å². The molecule has 1 aliphatic heterocycles. The molecule has 2 rings (SSSR count). The van der Waals surface area contributed by atoms with Crippen molar-refractivity contribution in [2.75, 3.05) is 18.4 Å². The summed E-state index contributed by atoms with van der Waals surface area (Å²) in [7, 11) is 0. The van der Waals surface area contributed by atoms with Crippen molar-refractivity contribution in [1.29, 1.82) is 0 Å². The van der Waals surface area contributed by atoms with Crippen LogP contribution >= 0.6 is 0 Å². The zero-order valence-electron chi connectivity index (χ0n) is 11.1. The van der Waals surface area contributed by atoms with E-state index in [-0.39, 0.29) is 25.2 Å². The van der Waals surface area contributed by atoms with Gasteiger partial charge in [-0.3, -0.25) is 9.59 Å². The molecule has 0 aliphatic carbocycles. The molecule has 0 unspecified atom stereocenters. The summed E-state index contributed by atoms with van der Waals surface area (Å²) in [5.41, 5.74) is -0.260. The lowest BCUT2D eigenvalue weighted by Gasteiger charge is -2.14. The number of anilines is 1. The molecule has 1 saturated heterocycles. The maximum Gasteiger partial charge on any atom is 0.394 e. The number of amides is 2. The number of carboxylic acid groups (broad SMARTS) is 1. The molecule has 0 saturated carbocycles. The number of benzene rings is 1. The maximum absolute atomic E-state index is 13.0. The van der Waals surface area contributed by atoms with E-state index in [2.05, 4.69) is 5.32 Å². The molecule has 0 aromatic heterocycles. The first-order valence-corrected chi connectivity index (χ1v) is 6.27. The van der Waals surface area contributed by atoms with Crippen LogP contribution in [0.5, 0.6) is 0 Å². The highest BCUT2D eigenvalue weighted by molar-refractivity contribution is 6.31. The fourth-order valence-corrected chi connectivity index (χ4v) is 2.17. The Morgan fingerprint density at radius 1 is 1.18 bits per heavy atom. The van der Waals surface area contributed by atoms with E-state index in [9.17, 15) is 27.6 Å². The summed E-state index contributed by atoms with van der Waals surface area (Å²) in [5, 5.41) is 10.8. The Bertz CT molecular complexity index is 627. The minimum Gasteiger partial charge on any atom is -0.474 e. The van der Waals surface area contributed by atoms with Crippen molar-refractivity contribution in [2.45, 2.75) is 6.42 Å². The number of rotatable bonds is 2. The number of halogens is 3. The molecule has 1 aromatic carbocycles. The van der Waals surface area contributed by atoms with Crippen LogP contribution in [0.25, 0.3) is 0 Å². The van der Waals surface area contributed by atoms with Crippen LogP contribution in [0.15, 0.2) is 12.1 Å². The van der Waals surface area contributed by atoms with E-state index in [0.29, 0.717) is 12.1 Å². The predicted octanol–water partition coefficient (Wildman–Crippen LogP) is 0.976. The average Bonchev–Trinajstić information content (AvgIpc) is 2.93. The molecule has 22 heavy (non-hydrogen) atoms. The van der Waals surface area contributed by atoms with Crippen molar-refractivity contribution in [1.82, 2.24) is 4.90 Å². The van der Waals surface area contributed by atoms with Gasteiger partial charge in [0, 0.05) is 30.9 Å². The maximum atomic E-state index is 13.0. The summed E-state index contributed by atoms with van der Waals surface area (Å²) in [6.07, 6.45) is 0.219. The third-order valence-corrected chi connectivity index (χ3v) is 3.28. The standard InChI is InChI=1S/C13H11F3N2O4/c14-8-3-7(4-9(15)10(8)16)17-11(19)6-1-2-18(5-6)12(20)13(21)22/h3-4,6H,1-2,5H2,(H,17,19)(H,21,22)/t6-/m0/s1. The fourth-order valence-electron chi connectivity index (χ4n) is 2.17. The van der Waals surface area contributed by atoms with E-state index in [1.54, 1.807) is 0 Å². The first-order chi connectivity index (χ1) is 10.3. The van der Waals surface area contributed by atoms with Gasteiger partial charge < -0.3 is 15.3 Å². The van der Waals surface area contributed by atoms with Crippen LogP contribution in [-0.2, 0) is 14.4 Å². The quantitative estimate of drug-likeness (QED) is 0.629. The molecule has 1 aliphatic rings. The first-order valence-electron chi connectivity index (χ1n) is 6.27. The number of nitrogens with one attached hydrogen (secondary N) is 1. The molecule has 2 N–H and O–H groups in total. The van der Waals surface area contributed by atoms with E-state index < -0.39 is 41.2 Å². The normalized spacial score (nSPS) is 17.4. The van der Waals surface area contributed by atoms with Crippen LogP contribution in [0.3, 0.4) is 0 Å². The molecule has 118 valence electrons. The minimum absolute atomic E-state index is 0.0926. The van der Waals surface area contributed by atoms with E-state index in [4.69, 9.17) is 5.11 Å². The number of carbonyl (C=O) groups excluding carboxylic acids is 2. The summed E-state index contributed by atoms with van der Waals surface area (Å²) in [5.74, 6) is -8.60. The SMILES string of the molecule is O=C(O)C(=O)N1CC[C@H](C(=O)Nc2cc(F)c(F)c(F)c2)C1. The Kier molecular flexibility index (Phi) is 4.34. The van der Waals surface area contributed by atoms with Gasteiger partial charge >= 0.3 is 11.9 Å². The van der Waals surface area contributed by atoms with Crippen molar-refractivity contribution in [3.05, 3.63) is 29.6 Å². The third-order valence-electron chi connectivity index (χ3n) is 3.28. The summed E-state index contributed by atoms with van der Waals surface area (Å²) < 4.78 is 38.9. The van der Waals surface area contributed by atoms with Crippen molar-refractivity contribution < 1.29 is 32.7 Å². The van der Waals surface area contributed by atoms with Crippen molar-refractivity contribution in [3.8, 4) is 0 Å². The Labute approximate surface area is 122 Å². The van der Waals surface area contributed by atoms with Gasteiger partial charge in [0.1, 0.15) is 0 Å². The largest absolute Gasteiger partial charge is 0.474 e. The molecule has 0 radical (unpaired) electrons. The number of carbonyl (C=O) groups is 3. The minimum atomic E-state index is -1.64. The van der Waals surface area contributed by atoms with Gasteiger partial charge in [0.05, 0.1) is 5.92 Å². The predicted molar refractivity (Wildman–Crippen MR) is 67.3 cm³/mol. The zero-order valence-corrected chi connectivity index (χ0v) is 11.1. The van der Waals surface area contributed by atoms with E-state index in [1.807, 2.05) is 0 Å². The lowest BCUT2D eigenvalue weighted by Crippen LogP contribution is -2.36. The third kappa shape index (κ3) is 3.18. The van der Waals surface area contributed by atoms with Crippen LogP contribution in [-0.4, -0.2) is 40.9 Å². The van der Waals surface area contributed by atoms with Gasteiger partial charge in [0.25, 0.3) is 0 Å². The highest BCUT2D eigenvalue weighted by Crippen LogP contribution is 2.21. The number of aliphatic carboxylic acids is 1. The first kappa shape index (κ1) is 15.8. The van der Waals surface area contributed by atoms with E-state index >= 15 is 0 Å². The number of hydrogen-bond donors (Lipinski definition) is 2. The lowest BCUT2D eigenvalue weighted by molar-refractivity contribution is -0.155. The molecule has 9 heteroatoms. The van der Waals surface area contributed by atoms with Crippen LogP contribution in [0, 0.1) is 23.4 Å². The molecule has 1 heterocycles. The smallest absolute Gasteiger partial charge is 0.394 e. The Hall–Kier alpha value is -2.58. The number of hydrogen-bond acceptors (Lipinski definition) is 3. The van der Waals surface area contributed by atoms with Crippen LogP contribution in [0.1, 0.15) is 6.42 Å². The van der Waals surface area contributed by atoms with Gasteiger partial charge in [0.15, 0.2) is 17.5 Å². The summed E-state index contributed by atoms with van der Waals surface area (Å²) in [4.78, 5) is 34.7. The summed E-state index contributed by atoms with van der Waals surface area (Å²) in [6, 6.07) is 1.26. The molecule has 1 atom stereocenters. The van der Waals surface area contributed by atoms with Crippen molar-refractivity contribution in [3.63, 3.8) is 0 Å². The van der Waals surface area contributed by atoms with Crippen molar-refractivity contribution in [2.24, 2.45) is 5.92 Å². The number of nitrogens with zero attached hydrogens (tertiary/aromatic N) is 1. The topological polar surface area (TPSA) is 86.7 Å². The van der Waals surface area contributed by atoms with Crippen LogP contribution in [0.4, 0.5) is 18.9 Å². The highest BCUT2D eigenvalue weighted by Gasteiger charge is 2.33. The van der Waals surface area contributed by atoms with Crippen LogP contribution < -0.4 is 5.32 Å². The molecule has 2 amide bonds. The molecule has 6 nitrogen and oxygen atoms in total. The second kappa shape index (κ2) is 6.04. The summed E-state index contributed by atoms with van der Waals surface area (Å²) in [6.45, 7) is -0.0154. The Morgan fingerprint density at radius 3 is 2.32 bits per heavy atom. The Balaban J connectivity index is 2.02. The van der Waals surface area contributed by atoms with Gasteiger partial charge in [-0.1, -0.05) is 0 Å². The lowest BCUT2D eigenvalue weighted by atomic mass is 10.1. The monoisotopic (exact) mass is 316 g/mol. The van der Waals surface area contributed by atoms with Gasteiger partial charge in [-0.25, -0.2) is 18.0 Å². The van der Waals surface area contributed by atoms with Crippen molar-refractivity contribution >= 4 is 23.5 Å². The van der Waals surface area contributed by atoms with E-state index in [1.165, 1.54) is 0 Å². The second-order valence-corrected chi connectivity index (χ2v) is 4.79. The van der Waals surface area contributed by atoms with Gasteiger partial charge in [0.2, 0.25) is 5.91 Å². The molecule has 0 bridgehead atoms. The molecular weight excluding hydrogens is 305 g/mol. The number of likely N-dealkylation sites (tertiary alicyclic amines) is 1. The van der Waals surface area contributed by atoms with Gasteiger partial charge in [-0.15, -0.1) is 0 Å². The van der Waals surface area contributed by atoms with E-state index in [0.717, 1.165) is 4.90 Å². The molecular formula is C13H11F3N2O4. The fraction of sp³-hybridized carbons (Fsp3) is 0.308. The van der Waals surface area contributed by atoms with Gasteiger partial charge in [-0.05, 0) is 6.42 Å². The number of carboxylic acids is 1. The highest BCUT2D eigenvalue weighted by atomic mass is 19.2. The Morgan fingerprint density at radius 2 is 1.77 bits per heavy atom. The molecule has 1 aromatic rings. The molecule has 1 fully saturated rings. The molecule has 0 spiro atoms. The van der Waals surface area contributed by atoms with Crippen LogP contribution in [0.2, 0.25) is 0 Å². The average molecular weight is 316 g/mol.